The quantitative estimate of drug-likeness (QED) is 0.380. The van der Waals surface area contributed by atoms with Crippen LogP contribution in [0.1, 0.15) is 16.8 Å². The molecule has 0 unspecified atom stereocenters. The van der Waals surface area contributed by atoms with Crippen molar-refractivity contribution in [2.45, 2.75) is 6.42 Å². The average Bonchev–Trinajstić information content (AvgIpc) is 2.52. The number of amides is 1. The number of morpholine rings is 1. The molecule has 110 valence electrons. The van der Waals surface area contributed by atoms with Crippen molar-refractivity contribution in [3.05, 3.63) is 24.0 Å². The van der Waals surface area contributed by atoms with Crippen LogP contribution in [-0.4, -0.2) is 55.2 Å². The van der Waals surface area contributed by atoms with Crippen molar-refractivity contribution in [2.75, 3.05) is 44.8 Å². The molecule has 7 nitrogen and oxygen atoms in total. The minimum Gasteiger partial charge on any atom is -0.379 e. The minimum absolute atomic E-state index is 0.159. The predicted octanol–water partition coefficient (Wildman–Crippen LogP) is -0.181. The summed E-state index contributed by atoms with van der Waals surface area (Å²) in [6, 6.07) is 1.67. The van der Waals surface area contributed by atoms with E-state index in [-0.39, 0.29) is 5.91 Å². The van der Waals surface area contributed by atoms with Crippen LogP contribution in [0, 0.1) is 0 Å². The van der Waals surface area contributed by atoms with E-state index in [0.29, 0.717) is 17.8 Å². The van der Waals surface area contributed by atoms with Crippen LogP contribution in [0.4, 0.5) is 5.69 Å². The molecule has 1 saturated heterocycles. The molecule has 1 fully saturated rings. The van der Waals surface area contributed by atoms with Crippen molar-refractivity contribution in [2.24, 2.45) is 5.84 Å². The van der Waals surface area contributed by atoms with E-state index in [9.17, 15) is 4.79 Å². The summed E-state index contributed by atoms with van der Waals surface area (Å²) in [5.74, 6) is 5.21. The van der Waals surface area contributed by atoms with Crippen molar-refractivity contribution in [1.82, 2.24) is 15.2 Å². The van der Waals surface area contributed by atoms with Crippen LogP contribution >= 0.6 is 0 Å². The molecule has 7 heteroatoms. The Morgan fingerprint density at radius 2 is 2.25 bits per heavy atom. The molecule has 2 rings (SSSR count). The van der Waals surface area contributed by atoms with E-state index in [4.69, 9.17) is 10.6 Å². The average molecular weight is 279 g/mol. The number of hydrogen-bond acceptors (Lipinski definition) is 6. The van der Waals surface area contributed by atoms with Gasteiger partial charge in [0.2, 0.25) is 0 Å². The zero-order valence-electron chi connectivity index (χ0n) is 11.5. The Balaban J connectivity index is 1.72. The summed E-state index contributed by atoms with van der Waals surface area (Å²) >= 11 is 0. The molecule has 1 aliphatic rings. The Hall–Kier alpha value is -1.70. The standard InChI is InChI=1S/C13H21N5O2/c14-17-12-2-4-15-10-11(12)13(19)16-3-1-5-18-6-8-20-9-7-18/h2,4,10H,1,3,5-9,14H2,(H,15,17)(H,16,19). The fourth-order valence-electron chi connectivity index (χ4n) is 2.13. The van der Waals surface area contributed by atoms with Gasteiger partial charge in [0.25, 0.3) is 5.91 Å². The highest BCUT2D eigenvalue weighted by molar-refractivity contribution is 5.99. The van der Waals surface area contributed by atoms with Gasteiger partial charge in [0.15, 0.2) is 0 Å². The molecule has 1 aromatic rings. The molecule has 0 aliphatic carbocycles. The van der Waals surface area contributed by atoms with E-state index < -0.39 is 0 Å². The molecule has 0 saturated carbocycles. The molecule has 0 radical (unpaired) electrons. The lowest BCUT2D eigenvalue weighted by Gasteiger charge is -2.26. The van der Waals surface area contributed by atoms with E-state index in [0.717, 1.165) is 39.3 Å². The van der Waals surface area contributed by atoms with Gasteiger partial charge in [-0.3, -0.25) is 20.5 Å². The topological polar surface area (TPSA) is 92.5 Å². The lowest BCUT2D eigenvalue weighted by Crippen LogP contribution is -2.38. The van der Waals surface area contributed by atoms with Gasteiger partial charge < -0.3 is 15.5 Å². The molecule has 0 aromatic carbocycles. The maximum atomic E-state index is 12.0. The molecule has 0 bridgehead atoms. The van der Waals surface area contributed by atoms with Crippen LogP contribution in [0.2, 0.25) is 0 Å². The minimum atomic E-state index is -0.159. The summed E-state index contributed by atoms with van der Waals surface area (Å²) in [7, 11) is 0. The van der Waals surface area contributed by atoms with Crippen molar-refractivity contribution < 1.29 is 9.53 Å². The van der Waals surface area contributed by atoms with Gasteiger partial charge in [-0.25, -0.2) is 0 Å². The van der Waals surface area contributed by atoms with Gasteiger partial charge >= 0.3 is 0 Å². The fourth-order valence-corrected chi connectivity index (χ4v) is 2.13. The third-order valence-corrected chi connectivity index (χ3v) is 3.26. The van der Waals surface area contributed by atoms with E-state index in [1.165, 1.54) is 6.20 Å². The van der Waals surface area contributed by atoms with Gasteiger partial charge in [-0.15, -0.1) is 0 Å². The van der Waals surface area contributed by atoms with Crippen molar-refractivity contribution >= 4 is 11.6 Å². The molecule has 20 heavy (non-hydrogen) atoms. The number of nitrogens with one attached hydrogen (secondary N) is 2. The number of nitrogen functional groups attached to an aromatic ring is 1. The van der Waals surface area contributed by atoms with Crippen LogP contribution in [-0.2, 0) is 4.74 Å². The van der Waals surface area contributed by atoms with Crippen LogP contribution in [0.3, 0.4) is 0 Å². The smallest absolute Gasteiger partial charge is 0.255 e. The SMILES string of the molecule is NNc1ccncc1C(=O)NCCCN1CCOCC1. The van der Waals surface area contributed by atoms with Crippen molar-refractivity contribution in [3.63, 3.8) is 0 Å². The van der Waals surface area contributed by atoms with E-state index >= 15 is 0 Å². The lowest BCUT2D eigenvalue weighted by molar-refractivity contribution is 0.0374. The van der Waals surface area contributed by atoms with E-state index in [1.54, 1.807) is 12.3 Å². The number of ether oxygens (including phenoxy) is 1. The first-order chi connectivity index (χ1) is 9.81. The van der Waals surface area contributed by atoms with Gasteiger partial charge in [-0.1, -0.05) is 0 Å². The summed E-state index contributed by atoms with van der Waals surface area (Å²) in [5, 5.41) is 2.88. The zero-order valence-corrected chi connectivity index (χ0v) is 11.5. The van der Waals surface area contributed by atoms with E-state index in [1.807, 2.05) is 0 Å². The second kappa shape index (κ2) is 7.78. The molecule has 1 amide bonds. The maximum absolute atomic E-state index is 12.0. The molecule has 0 atom stereocenters. The van der Waals surface area contributed by atoms with Gasteiger partial charge in [0, 0.05) is 32.0 Å². The molecule has 1 aliphatic heterocycles. The number of hydrazine groups is 1. The van der Waals surface area contributed by atoms with Gasteiger partial charge in [-0.05, 0) is 19.0 Å². The van der Waals surface area contributed by atoms with Crippen molar-refractivity contribution in [3.8, 4) is 0 Å². The summed E-state index contributed by atoms with van der Waals surface area (Å²) in [6.07, 6.45) is 4.01. The third-order valence-electron chi connectivity index (χ3n) is 3.26. The highest BCUT2D eigenvalue weighted by atomic mass is 16.5. The molecular weight excluding hydrogens is 258 g/mol. The molecule has 2 heterocycles. The highest BCUT2D eigenvalue weighted by Crippen LogP contribution is 2.11. The van der Waals surface area contributed by atoms with Crippen LogP contribution in [0.15, 0.2) is 18.5 Å². The highest BCUT2D eigenvalue weighted by Gasteiger charge is 2.12. The summed E-state index contributed by atoms with van der Waals surface area (Å²) in [6.45, 7) is 5.14. The molecule has 1 aromatic heterocycles. The van der Waals surface area contributed by atoms with Crippen LogP contribution < -0.4 is 16.6 Å². The van der Waals surface area contributed by atoms with Crippen molar-refractivity contribution in [1.29, 1.82) is 0 Å². The Morgan fingerprint density at radius 3 is 3.00 bits per heavy atom. The lowest BCUT2D eigenvalue weighted by atomic mass is 10.2. The monoisotopic (exact) mass is 279 g/mol. The first-order valence-electron chi connectivity index (χ1n) is 6.80. The second-order valence-corrected chi connectivity index (χ2v) is 4.63. The Bertz CT molecular complexity index is 435. The molecule has 0 spiro atoms. The second-order valence-electron chi connectivity index (χ2n) is 4.63. The number of carbonyl (C=O) groups is 1. The summed E-state index contributed by atoms with van der Waals surface area (Å²) in [4.78, 5) is 18.3. The Labute approximate surface area is 118 Å². The normalized spacial score (nSPS) is 15.8. The van der Waals surface area contributed by atoms with Gasteiger partial charge in [-0.2, -0.15) is 0 Å². The van der Waals surface area contributed by atoms with Crippen LogP contribution in [0.5, 0.6) is 0 Å². The maximum Gasteiger partial charge on any atom is 0.255 e. The molecular formula is C13H21N5O2. The van der Waals surface area contributed by atoms with E-state index in [2.05, 4.69) is 20.6 Å². The third kappa shape index (κ3) is 4.16. The zero-order chi connectivity index (χ0) is 14.2. The number of hydrogen-bond donors (Lipinski definition) is 3. The number of anilines is 1. The number of rotatable bonds is 6. The Morgan fingerprint density at radius 1 is 1.45 bits per heavy atom. The fraction of sp³-hybridized carbons (Fsp3) is 0.538. The number of carbonyl (C=O) groups excluding carboxylic acids is 1. The van der Waals surface area contributed by atoms with Gasteiger partial charge in [0.05, 0.1) is 24.5 Å². The summed E-state index contributed by atoms with van der Waals surface area (Å²) < 4.78 is 5.29. The number of nitrogens with two attached hydrogens (primary N) is 1. The number of nitrogens with zero attached hydrogens (tertiary/aromatic N) is 2. The molecule has 4 N–H and O–H groups in total. The van der Waals surface area contributed by atoms with Crippen LogP contribution in [0.25, 0.3) is 0 Å². The number of aromatic nitrogens is 1. The van der Waals surface area contributed by atoms with Gasteiger partial charge in [0.1, 0.15) is 0 Å². The first kappa shape index (κ1) is 14.7. The predicted molar refractivity (Wildman–Crippen MR) is 76.3 cm³/mol. The summed E-state index contributed by atoms with van der Waals surface area (Å²) in [5.41, 5.74) is 3.53. The first-order valence-corrected chi connectivity index (χ1v) is 6.80. The largest absolute Gasteiger partial charge is 0.379 e. The number of pyridine rings is 1. The Kier molecular flexibility index (Phi) is 5.72.